The van der Waals surface area contributed by atoms with E-state index in [4.69, 9.17) is 4.74 Å². The molecule has 6 rings (SSSR count). The minimum absolute atomic E-state index is 0.0838. The molecule has 4 aliphatic carbocycles. The Morgan fingerprint density at radius 2 is 1.96 bits per heavy atom. The maximum Gasteiger partial charge on any atom is 0.419 e. The predicted octanol–water partition coefficient (Wildman–Crippen LogP) is 4.02. The van der Waals surface area contributed by atoms with Gasteiger partial charge in [0.2, 0.25) is 0 Å². The highest BCUT2D eigenvalue weighted by molar-refractivity contribution is 5.62. The van der Waals surface area contributed by atoms with Crippen LogP contribution in [0.2, 0.25) is 0 Å². The van der Waals surface area contributed by atoms with E-state index in [0.717, 1.165) is 18.9 Å². The van der Waals surface area contributed by atoms with E-state index in [1.807, 2.05) is 0 Å². The summed E-state index contributed by atoms with van der Waals surface area (Å²) in [7, 11) is 0. The van der Waals surface area contributed by atoms with Crippen molar-refractivity contribution in [1.82, 2.24) is 10.2 Å². The van der Waals surface area contributed by atoms with Crippen LogP contribution < -0.4 is 10.3 Å². The molecule has 0 radical (unpaired) electrons. The maximum atomic E-state index is 13.7. The van der Waals surface area contributed by atoms with Gasteiger partial charge in [0.05, 0.1) is 11.3 Å². The number of alkyl halides is 3. The molecule has 5 atom stereocenters. The topological polar surface area (TPSA) is 55.0 Å². The van der Waals surface area contributed by atoms with E-state index >= 15 is 0 Å². The van der Waals surface area contributed by atoms with E-state index in [0.29, 0.717) is 23.3 Å². The van der Waals surface area contributed by atoms with Crippen molar-refractivity contribution in [2.45, 2.75) is 37.5 Å². The molecule has 1 aromatic heterocycles. The van der Waals surface area contributed by atoms with Crippen LogP contribution >= 0.6 is 0 Å². The van der Waals surface area contributed by atoms with Gasteiger partial charge in [-0.05, 0) is 67.7 Å². The standard InChI is InChI=1S/C20H17F3N2O2/c21-20(22,23)13-7-10(15-4-6-17(26)25-24-15)1-5-16(13)27-18-8-11-2-3-12-14(9-18)19(11,12)18/h1,4-7,11-12,14H,2-3,8-9H2,(H,25,26). The van der Waals surface area contributed by atoms with Gasteiger partial charge in [0.15, 0.2) is 0 Å². The van der Waals surface area contributed by atoms with Crippen LogP contribution in [0.25, 0.3) is 11.3 Å². The highest BCUT2D eigenvalue weighted by Crippen LogP contribution is 2.93. The minimum atomic E-state index is -4.52. The molecule has 7 heteroatoms. The van der Waals surface area contributed by atoms with Crippen molar-refractivity contribution < 1.29 is 17.9 Å². The third kappa shape index (κ3) is 1.75. The van der Waals surface area contributed by atoms with Crippen LogP contribution in [-0.4, -0.2) is 15.8 Å². The second-order valence-electron chi connectivity index (χ2n) is 8.44. The smallest absolute Gasteiger partial charge is 0.419 e. The number of aromatic nitrogens is 2. The quantitative estimate of drug-likeness (QED) is 0.883. The molecule has 27 heavy (non-hydrogen) atoms. The highest BCUT2D eigenvalue weighted by atomic mass is 19.4. The largest absolute Gasteiger partial charge is 0.486 e. The summed E-state index contributed by atoms with van der Waals surface area (Å²) in [5.41, 5.74) is -0.779. The van der Waals surface area contributed by atoms with Crippen LogP contribution in [0.1, 0.15) is 31.2 Å². The van der Waals surface area contributed by atoms with Gasteiger partial charge in [0.25, 0.3) is 5.56 Å². The van der Waals surface area contributed by atoms with Gasteiger partial charge in [-0.25, -0.2) is 5.10 Å². The van der Waals surface area contributed by atoms with Gasteiger partial charge in [0, 0.05) is 17.0 Å². The Bertz CT molecular complexity index is 1010. The molecule has 0 amide bonds. The molecule has 0 aliphatic heterocycles. The summed E-state index contributed by atoms with van der Waals surface area (Å²) >= 11 is 0. The van der Waals surface area contributed by atoms with Crippen molar-refractivity contribution >= 4 is 0 Å². The zero-order valence-corrected chi connectivity index (χ0v) is 14.3. The molecule has 5 unspecified atom stereocenters. The van der Waals surface area contributed by atoms with Crippen LogP contribution in [-0.2, 0) is 6.18 Å². The van der Waals surface area contributed by atoms with E-state index in [2.05, 4.69) is 10.2 Å². The lowest BCUT2D eigenvalue weighted by Crippen LogP contribution is -2.66. The van der Waals surface area contributed by atoms with Gasteiger partial charge in [-0.2, -0.15) is 18.3 Å². The van der Waals surface area contributed by atoms with Crippen LogP contribution in [0, 0.1) is 23.2 Å². The molecule has 4 nitrogen and oxygen atoms in total. The predicted molar refractivity (Wildman–Crippen MR) is 90.0 cm³/mol. The third-order valence-corrected chi connectivity index (χ3v) is 7.59. The number of benzene rings is 1. The van der Waals surface area contributed by atoms with Crippen LogP contribution in [0.3, 0.4) is 0 Å². The van der Waals surface area contributed by atoms with Gasteiger partial charge in [-0.3, -0.25) is 4.79 Å². The summed E-state index contributed by atoms with van der Waals surface area (Å²) in [6.07, 6.45) is -0.319. The highest BCUT2D eigenvalue weighted by Gasteiger charge is 2.93. The molecule has 4 saturated carbocycles. The lowest BCUT2D eigenvalue weighted by molar-refractivity contribution is -0.203. The van der Waals surface area contributed by atoms with Gasteiger partial charge in [-0.1, -0.05) is 0 Å². The first-order valence-electron chi connectivity index (χ1n) is 9.31. The van der Waals surface area contributed by atoms with E-state index < -0.39 is 17.3 Å². The number of ether oxygens (including phenoxy) is 1. The first kappa shape index (κ1) is 15.7. The Labute approximate surface area is 152 Å². The fraction of sp³-hybridized carbons (Fsp3) is 0.500. The van der Waals surface area contributed by atoms with Gasteiger partial charge in [0.1, 0.15) is 11.4 Å². The Morgan fingerprint density at radius 1 is 1.11 bits per heavy atom. The summed E-state index contributed by atoms with van der Waals surface area (Å²) in [6.45, 7) is 0. The number of nitrogens with one attached hydrogen (secondary N) is 1. The molecule has 4 fully saturated rings. The van der Waals surface area contributed by atoms with E-state index in [9.17, 15) is 18.0 Å². The van der Waals surface area contributed by atoms with Gasteiger partial charge in [-0.15, -0.1) is 0 Å². The van der Waals surface area contributed by atoms with Crippen LogP contribution in [0.15, 0.2) is 35.1 Å². The maximum absolute atomic E-state index is 13.7. The third-order valence-electron chi connectivity index (χ3n) is 7.59. The second kappa shape index (κ2) is 4.56. The number of hydrogen-bond donors (Lipinski definition) is 1. The van der Waals surface area contributed by atoms with E-state index in [-0.39, 0.29) is 22.5 Å². The first-order valence-corrected chi connectivity index (χ1v) is 9.31. The summed E-state index contributed by atoms with van der Waals surface area (Å²) in [5, 5.41) is 6.08. The van der Waals surface area contributed by atoms with Crippen molar-refractivity contribution in [2.75, 3.05) is 0 Å². The van der Waals surface area contributed by atoms with Gasteiger partial charge < -0.3 is 4.74 Å². The Kier molecular flexibility index (Phi) is 2.66. The lowest BCUT2D eigenvalue weighted by atomic mass is 9.48. The number of rotatable bonds is 3. The van der Waals surface area contributed by atoms with Crippen molar-refractivity contribution in [3.63, 3.8) is 0 Å². The summed E-state index contributed by atoms with van der Waals surface area (Å²) < 4.78 is 47.3. The number of fused-ring (bicyclic) bond motifs is 1. The molecule has 1 heterocycles. The Morgan fingerprint density at radius 3 is 2.63 bits per heavy atom. The molecular weight excluding hydrogens is 357 g/mol. The fourth-order valence-electron chi connectivity index (χ4n) is 6.67. The average molecular weight is 374 g/mol. The monoisotopic (exact) mass is 374 g/mol. The van der Waals surface area contributed by atoms with Crippen molar-refractivity contribution in [3.05, 3.63) is 46.2 Å². The lowest BCUT2D eigenvalue weighted by Gasteiger charge is -2.62. The van der Waals surface area contributed by atoms with Crippen LogP contribution in [0.4, 0.5) is 13.2 Å². The molecule has 1 aromatic carbocycles. The molecule has 2 aromatic rings. The molecule has 1 N–H and O–H groups in total. The number of H-pyrrole nitrogens is 1. The number of aromatic amines is 1. The zero-order chi connectivity index (χ0) is 18.6. The molecule has 0 saturated heterocycles. The normalized spacial score (nSPS) is 37.7. The van der Waals surface area contributed by atoms with Crippen molar-refractivity contribution in [3.8, 4) is 17.0 Å². The van der Waals surface area contributed by atoms with Crippen molar-refractivity contribution in [2.24, 2.45) is 23.2 Å². The van der Waals surface area contributed by atoms with E-state index in [1.165, 1.54) is 31.0 Å². The molecule has 140 valence electrons. The summed E-state index contributed by atoms with van der Waals surface area (Å²) in [4.78, 5) is 11.1. The van der Waals surface area contributed by atoms with Gasteiger partial charge >= 0.3 is 6.18 Å². The Balaban J connectivity index is 1.37. The number of nitrogens with zero attached hydrogens (tertiary/aromatic N) is 1. The molecule has 1 spiro atoms. The Hall–Kier alpha value is -2.31. The molecular formula is C20H17F3N2O2. The second-order valence-corrected chi connectivity index (χ2v) is 8.44. The number of hydrogen-bond acceptors (Lipinski definition) is 3. The average Bonchev–Trinajstić information content (AvgIpc) is 3.07. The zero-order valence-electron chi connectivity index (χ0n) is 14.3. The fourth-order valence-corrected chi connectivity index (χ4v) is 6.67. The minimum Gasteiger partial charge on any atom is -0.486 e. The number of halogens is 3. The summed E-state index contributed by atoms with van der Waals surface area (Å²) in [5.74, 6) is 1.93. The first-order chi connectivity index (χ1) is 12.8. The molecule has 0 bridgehead atoms. The van der Waals surface area contributed by atoms with Crippen molar-refractivity contribution in [1.29, 1.82) is 0 Å². The van der Waals surface area contributed by atoms with E-state index in [1.54, 1.807) is 6.07 Å². The SMILES string of the molecule is O=c1ccc(-c2ccc(OC34CC5CCC6C(C3)C564)c(C(F)(F)F)c2)n[nH]1. The van der Waals surface area contributed by atoms with Crippen LogP contribution in [0.5, 0.6) is 5.75 Å². The summed E-state index contributed by atoms with van der Waals surface area (Å²) in [6, 6.07) is 6.70. The molecule has 4 aliphatic rings.